The van der Waals surface area contributed by atoms with Gasteiger partial charge in [-0.05, 0) is 63.4 Å². The average molecular weight is 479 g/mol. The number of rotatable bonds is 7. The van der Waals surface area contributed by atoms with Crippen LogP contribution in [-0.4, -0.2) is 42.2 Å². The molecule has 34 heavy (non-hydrogen) atoms. The van der Waals surface area contributed by atoms with Crippen LogP contribution in [0.25, 0.3) is 0 Å². The summed E-state index contributed by atoms with van der Waals surface area (Å²) in [5, 5.41) is 0. The standard InChI is InChI=1S/C25H29F3N2O4/c1-6-33-22(31)24(4,5)34-21-16(2)13-18(14-17(21)3)15-29-11-12-30(23(29)32)20-10-8-7-9-19(20)25(26,27)28/h7-10,13-14H,6,11-12,15H2,1-5H3. The second-order valence-electron chi connectivity index (χ2n) is 8.76. The van der Waals surface area contributed by atoms with Crippen molar-refractivity contribution in [3.05, 3.63) is 58.7 Å². The number of nitrogens with zero attached hydrogens (tertiary/aromatic N) is 2. The Kier molecular flexibility index (Phi) is 7.14. The van der Waals surface area contributed by atoms with Crippen LogP contribution in [-0.2, 0) is 22.3 Å². The Hall–Kier alpha value is -3.23. The number of anilines is 1. The minimum atomic E-state index is -4.55. The fourth-order valence-corrected chi connectivity index (χ4v) is 4.02. The molecule has 1 aliphatic rings. The van der Waals surface area contributed by atoms with Crippen LogP contribution in [0.5, 0.6) is 5.75 Å². The van der Waals surface area contributed by atoms with Crippen LogP contribution in [0.2, 0.25) is 0 Å². The van der Waals surface area contributed by atoms with Crippen molar-refractivity contribution in [2.75, 3.05) is 24.6 Å². The smallest absolute Gasteiger partial charge is 0.418 e. The van der Waals surface area contributed by atoms with Crippen LogP contribution in [0, 0.1) is 13.8 Å². The van der Waals surface area contributed by atoms with Gasteiger partial charge in [-0.1, -0.05) is 24.3 Å². The quantitative estimate of drug-likeness (QED) is 0.494. The number of benzene rings is 2. The number of halogens is 3. The average Bonchev–Trinajstić information content (AvgIpc) is 3.10. The van der Waals surface area contributed by atoms with Gasteiger partial charge < -0.3 is 14.4 Å². The molecule has 0 aromatic heterocycles. The predicted octanol–water partition coefficient (Wildman–Crippen LogP) is 5.48. The van der Waals surface area contributed by atoms with Gasteiger partial charge in [-0.25, -0.2) is 9.59 Å². The molecule has 0 N–H and O–H groups in total. The molecular weight excluding hydrogens is 449 g/mol. The van der Waals surface area contributed by atoms with Crippen molar-refractivity contribution < 1.29 is 32.2 Å². The molecule has 3 rings (SSSR count). The summed E-state index contributed by atoms with van der Waals surface area (Å²) in [5.41, 5.74) is 0.222. The molecule has 1 saturated heterocycles. The zero-order chi connectivity index (χ0) is 25.3. The van der Waals surface area contributed by atoms with Gasteiger partial charge in [-0.3, -0.25) is 4.90 Å². The summed E-state index contributed by atoms with van der Waals surface area (Å²) in [6.45, 7) is 9.62. The number of carbonyl (C=O) groups excluding carboxylic acids is 2. The lowest BCUT2D eigenvalue weighted by Crippen LogP contribution is -2.40. The van der Waals surface area contributed by atoms with E-state index in [9.17, 15) is 22.8 Å². The molecule has 6 nitrogen and oxygen atoms in total. The highest BCUT2D eigenvalue weighted by molar-refractivity contribution is 5.95. The first kappa shape index (κ1) is 25.4. The van der Waals surface area contributed by atoms with E-state index in [4.69, 9.17) is 9.47 Å². The predicted molar refractivity (Wildman–Crippen MR) is 122 cm³/mol. The highest BCUT2D eigenvalue weighted by Crippen LogP contribution is 2.38. The summed E-state index contributed by atoms with van der Waals surface area (Å²) in [6, 6.07) is 8.32. The summed E-state index contributed by atoms with van der Waals surface area (Å²) in [6.07, 6.45) is -4.55. The largest absolute Gasteiger partial charge is 0.476 e. The highest BCUT2D eigenvalue weighted by Gasteiger charge is 2.39. The van der Waals surface area contributed by atoms with Gasteiger partial charge in [0.15, 0.2) is 5.60 Å². The molecule has 0 radical (unpaired) electrons. The molecule has 1 fully saturated rings. The zero-order valence-electron chi connectivity index (χ0n) is 20.0. The monoisotopic (exact) mass is 478 g/mol. The lowest BCUT2D eigenvalue weighted by molar-refractivity contribution is -0.158. The van der Waals surface area contributed by atoms with Gasteiger partial charge in [0.1, 0.15) is 5.75 Å². The van der Waals surface area contributed by atoms with Crippen LogP contribution in [0.15, 0.2) is 36.4 Å². The minimum Gasteiger partial charge on any atom is -0.476 e. The van der Waals surface area contributed by atoms with E-state index in [0.29, 0.717) is 12.3 Å². The van der Waals surface area contributed by atoms with Crippen molar-refractivity contribution in [3.63, 3.8) is 0 Å². The molecule has 0 unspecified atom stereocenters. The molecule has 0 aliphatic carbocycles. The minimum absolute atomic E-state index is 0.139. The summed E-state index contributed by atoms with van der Waals surface area (Å²) < 4.78 is 51.3. The molecule has 0 spiro atoms. The highest BCUT2D eigenvalue weighted by atomic mass is 19.4. The third-order valence-electron chi connectivity index (χ3n) is 5.61. The second kappa shape index (κ2) is 9.56. The van der Waals surface area contributed by atoms with Gasteiger partial charge in [0.25, 0.3) is 0 Å². The van der Waals surface area contributed by atoms with E-state index in [1.165, 1.54) is 28.0 Å². The molecule has 0 bridgehead atoms. The van der Waals surface area contributed by atoms with Crippen molar-refractivity contribution in [3.8, 4) is 5.75 Å². The molecule has 1 aliphatic heterocycles. The van der Waals surface area contributed by atoms with E-state index < -0.39 is 29.3 Å². The van der Waals surface area contributed by atoms with Crippen LogP contribution in [0.1, 0.15) is 43.0 Å². The Morgan fingerprint density at radius 3 is 2.26 bits per heavy atom. The lowest BCUT2D eigenvalue weighted by Gasteiger charge is -2.27. The van der Waals surface area contributed by atoms with Crippen molar-refractivity contribution in [1.82, 2.24) is 4.90 Å². The lowest BCUT2D eigenvalue weighted by atomic mass is 10.0. The van der Waals surface area contributed by atoms with Gasteiger partial charge in [0, 0.05) is 19.6 Å². The fraction of sp³-hybridized carbons (Fsp3) is 0.440. The van der Waals surface area contributed by atoms with Gasteiger partial charge in [0.2, 0.25) is 0 Å². The molecule has 2 aromatic rings. The first-order chi connectivity index (χ1) is 15.8. The third kappa shape index (κ3) is 5.29. The van der Waals surface area contributed by atoms with Gasteiger partial charge in [-0.15, -0.1) is 0 Å². The SMILES string of the molecule is CCOC(=O)C(C)(C)Oc1c(C)cc(CN2CCN(c3ccccc3C(F)(F)F)C2=O)cc1C. The number of para-hydroxylation sites is 1. The van der Waals surface area contributed by atoms with E-state index >= 15 is 0 Å². The number of ether oxygens (including phenoxy) is 2. The van der Waals surface area contributed by atoms with E-state index in [0.717, 1.165) is 22.8 Å². The first-order valence-corrected chi connectivity index (χ1v) is 11.0. The molecule has 184 valence electrons. The Labute approximate surface area is 197 Å². The normalized spacial score (nSPS) is 14.5. The van der Waals surface area contributed by atoms with E-state index in [2.05, 4.69) is 0 Å². The topological polar surface area (TPSA) is 59.1 Å². The molecule has 1 heterocycles. The summed E-state index contributed by atoms with van der Waals surface area (Å²) in [5.74, 6) is 0.0788. The van der Waals surface area contributed by atoms with E-state index in [-0.39, 0.29) is 25.4 Å². The molecule has 0 saturated carbocycles. The van der Waals surface area contributed by atoms with Crippen molar-refractivity contribution in [2.45, 2.75) is 52.9 Å². The number of aryl methyl sites for hydroxylation is 2. The summed E-state index contributed by atoms with van der Waals surface area (Å²) in [7, 11) is 0. The Morgan fingerprint density at radius 2 is 1.68 bits per heavy atom. The van der Waals surface area contributed by atoms with Crippen molar-refractivity contribution in [2.24, 2.45) is 0 Å². The number of carbonyl (C=O) groups is 2. The van der Waals surface area contributed by atoms with E-state index in [1.807, 2.05) is 26.0 Å². The number of hydrogen-bond donors (Lipinski definition) is 0. The number of urea groups is 1. The molecule has 9 heteroatoms. The van der Waals surface area contributed by atoms with Crippen LogP contribution >= 0.6 is 0 Å². The first-order valence-electron chi connectivity index (χ1n) is 11.0. The molecule has 0 atom stereocenters. The van der Waals surface area contributed by atoms with Gasteiger partial charge >= 0.3 is 18.2 Å². The summed E-state index contributed by atoms with van der Waals surface area (Å²) in [4.78, 5) is 27.8. The summed E-state index contributed by atoms with van der Waals surface area (Å²) >= 11 is 0. The van der Waals surface area contributed by atoms with Crippen LogP contribution in [0.3, 0.4) is 0 Å². The molecular formula is C25H29F3N2O4. The van der Waals surface area contributed by atoms with Crippen molar-refractivity contribution >= 4 is 17.7 Å². The second-order valence-corrected chi connectivity index (χ2v) is 8.76. The number of alkyl halides is 3. The molecule has 2 amide bonds. The maximum absolute atomic E-state index is 13.4. The van der Waals surface area contributed by atoms with E-state index in [1.54, 1.807) is 20.8 Å². The Balaban J connectivity index is 1.78. The Morgan fingerprint density at radius 1 is 1.06 bits per heavy atom. The van der Waals surface area contributed by atoms with Crippen LogP contribution in [0.4, 0.5) is 23.7 Å². The third-order valence-corrected chi connectivity index (χ3v) is 5.61. The van der Waals surface area contributed by atoms with Crippen LogP contribution < -0.4 is 9.64 Å². The fourth-order valence-electron chi connectivity index (χ4n) is 4.02. The van der Waals surface area contributed by atoms with Gasteiger partial charge in [-0.2, -0.15) is 13.2 Å². The van der Waals surface area contributed by atoms with Gasteiger partial charge in [0.05, 0.1) is 17.9 Å². The van der Waals surface area contributed by atoms with Crippen molar-refractivity contribution in [1.29, 1.82) is 0 Å². The number of esters is 1. The Bertz CT molecular complexity index is 1060. The molecule has 2 aromatic carbocycles. The zero-order valence-corrected chi connectivity index (χ0v) is 20.0. The maximum atomic E-state index is 13.4. The number of hydrogen-bond acceptors (Lipinski definition) is 4. The maximum Gasteiger partial charge on any atom is 0.418 e. The number of amides is 2.